The highest BCUT2D eigenvalue weighted by Gasteiger charge is 2.33. The number of thiocarbonyl (C=S) groups is 1. The highest BCUT2D eigenvalue weighted by atomic mass is 35.5. The van der Waals surface area contributed by atoms with Crippen molar-refractivity contribution in [1.29, 1.82) is 0 Å². The van der Waals surface area contributed by atoms with Gasteiger partial charge in [-0.15, -0.1) is 0 Å². The van der Waals surface area contributed by atoms with Crippen LogP contribution in [0.1, 0.15) is 11.1 Å². The lowest BCUT2D eigenvalue weighted by Gasteiger charge is -2.14. The topological polar surface area (TPSA) is 67.9 Å². The van der Waals surface area contributed by atoms with Crippen molar-refractivity contribution in [2.75, 3.05) is 23.9 Å². The number of rotatable bonds is 7. The maximum absolute atomic E-state index is 13.0. The standard InChI is InChI=1S/C26H21ClN2O4S2/c1-16-19(27)9-6-10-20(16)28-24(30)15-33-21-12-11-17(13-22(21)32-2)14-23-25(31)29(26(34)35-23)18-7-4-3-5-8-18/h3-14H,15H2,1-2H3,(H,28,30)/b23-14-. The summed E-state index contributed by atoms with van der Waals surface area (Å²) in [5, 5.41) is 3.36. The number of hydrogen-bond acceptors (Lipinski definition) is 6. The van der Waals surface area contributed by atoms with E-state index in [1.165, 1.54) is 23.8 Å². The van der Waals surface area contributed by atoms with Crippen LogP contribution in [0.2, 0.25) is 5.02 Å². The molecule has 0 saturated carbocycles. The van der Waals surface area contributed by atoms with Gasteiger partial charge in [0.1, 0.15) is 0 Å². The first-order valence-corrected chi connectivity index (χ1v) is 12.2. The predicted octanol–water partition coefficient (Wildman–Crippen LogP) is 6.08. The van der Waals surface area contributed by atoms with Gasteiger partial charge in [-0.05, 0) is 60.5 Å². The molecule has 1 heterocycles. The third-order valence-electron chi connectivity index (χ3n) is 5.19. The van der Waals surface area contributed by atoms with E-state index in [1.54, 1.807) is 42.5 Å². The molecule has 0 spiro atoms. The van der Waals surface area contributed by atoms with Gasteiger partial charge in [-0.25, -0.2) is 0 Å². The fourth-order valence-corrected chi connectivity index (χ4v) is 4.86. The maximum Gasteiger partial charge on any atom is 0.270 e. The third kappa shape index (κ3) is 5.67. The molecule has 0 aromatic heterocycles. The molecule has 0 atom stereocenters. The number of halogens is 1. The normalized spacial score (nSPS) is 14.4. The zero-order chi connectivity index (χ0) is 24.9. The van der Waals surface area contributed by atoms with Gasteiger partial charge in [-0.1, -0.05) is 65.9 Å². The molecule has 178 valence electrons. The summed E-state index contributed by atoms with van der Waals surface area (Å²) in [6.45, 7) is 1.62. The number of methoxy groups -OCH3 is 1. The second-order valence-corrected chi connectivity index (χ2v) is 9.60. The van der Waals surface area contributed by atoms with E-state index in [0.717, 1.165) is 16.8 Å². The molecule has 0 aliphatic carbocycles. The van der Waals surface area contributed by atoms with Gasteiger partial charge in [0.2, 0.25) is 0 Å². The molecular formula is C26H21ClN2O4S2. The number of carbonyl (C=O) groups excluding carboxylic acids is 2. The molecule has 2 amide bonds. The molecule has 4 rings (SSSR count). The van der Waals surface area contributed by atoms with E-state index in [-0.39, 0.29) is 18.4 Å². The van der Waals surface area contributed by atoms with E-state index in [2.05, 4.69) is 5.32 Å². The van der Waals surface area contributed by atoms with Gasteiger partial charge in [0, 0.05) is 10.7 Å². The average molecular weight is 525 g/mol. The van der Waals surface area contributed by atoms with Crippen LogP contribution in [-0.2, 0) is 9.59 Å². The largest absolute Gasteiger partial charge is 0.493 e. The van der Waals surface area contributed by atoms with Crippen molar-refractivity contribution < 1.29 is 19.1 Å². The van der Waals surface area contributed by atoms with Crippen molar-refractivity contribution in [3.05, 3.63) is 87.8 Å². The number of nitrogens with one attached hydrogen (secondary N) is 1. The molecule has 3 aromatic rings. The molecule has 9 heteroatoms. The minimum atomic E-state index is -0.328. The van der Waals surface area contributed by atoms with Gasteiger partial charge >= 0.3 is 0 Å². The van der Waals surface area contributed by atoms with Crippen LogP contribution in [0.3, 0.4) is 0 Å². The number of nitrogens with zero attached hydrogens (tertiary/aromatic N) is 1. The zero-order valence-electron chi connectivity index (χ0n) is 18.9. The Kier molecular flexibility index (Phi) is 7.75. The number of ether oxygens (including phenoxy) is 2. The van der Waals surface area contributed by atoms with Gasteiger partial charge in [-0.2, -0.15) is 0 Å². The van der Waals surface area contributed by atoms with Gasteiger partial charge in [0.15, 0.2) is 22.4 Å². The van der Waals surface area contributed by atoms with Crippen LogP contribution < -0.4 is 19.7 Å². The Labute approximate surface area is 217 Å². The third-order valence-corrected chi connectivity index (χ3v) is 6.91. The highest BCUT2D eigenvalue weighted by molar-refractivity contribution is 8.27. The molecule has 1 fully saturated rings. The summed E-state index contributed by atoms with van der Waals surface area (Å²) in [4.78, 5) is 27.3. The molecule has 35 heavy (non-hydrogen) atoms. The van der Waals surface area contributed by atoms with Crippen LogP contribution in [0.4, 0.5) is 11.4 Å². The van der Waals surface area contributed by atoms with Gasteiger partial charge in [0.25, 0.3) is 11.8 Å². The van der Waals surface area contributed by atoms with Crippen molar-refractivity contribution >= 4 is 69.2 Å². The smallest absolute Gasteiger partial charge is 0.270 e. The zero-order valence-corrected chi connectivity index (χ0v) is 21.3. The number of para-hydroxylation sites is 1. The Morgan fingerprint density at radius 2 is 1.89 bits per heavy atom. The molecule has 0 radical (unpaired) electrons. The fraction of sp³-hybridized carbons (Fsp3) is 0.115. The number of hydrogen-bond donors (Lipinski definition) is 1. The van der Waals surface area contributed by atoms with Crippen molar-refractivity contribution in [2.24, 2.45) is 0 Å². The van der Waals surface area contributed by atoms with Crippen molar-refractivity contribution in [3.8, 4) is 11.5 Å². The Morgan fingerprint density at radius 3 is 2.63 bits per heavy atom. The lowest BCUT2D eigenvalue weighted by Crippen LogP contribution is -2.27. The van der Waals surface area contributed by atoms with Gasteiger partial charge < -0.3 is 14.8 Å². The Hall–Kier alpha value is -3.33. The molecule has 1 saturated heterocycles. The molecule has 3 aromatic carbocycles. The van der Waals surface area contributed by atoms with Crippen molar-refractivity contribution in [1.82, 2.24) is 0 Å². The lowest BCUT2D eigenvalue weighted by molar-refractivity contribution is -0.118. The fourth-order valence-electron chi connectivity index (χ4n) is 3.38. The number of amides is 2. The highest BCUT2D eigenvalue weighted by Crippen LogP contribution is 2.37. The quantitative estimate of drug-likeness (QED) is 0.298. The van der Waals surface area contributed by atoms with Crippen LogP contribution in [0.25, 0.3) is 6.08 Å². The van der Waals surface area contributed by atoms with Crippen LogP contribution in [0.5, 0.6) is 11.5 Å². The SMILES string of the molecule is COc1cc(/C=C2\SC(=S)N(c3ccccc3)C2=O)ccc1OCC(=O)Nc1cccc(Cl)c1C. The first-order chi connectivity index (χ1) is 16.9. The molecule has 1 aliphatic rings. The van der Waals surface area contributed by atoms with Gasteiger partial charge in [-0.3, -0.25) is 14.5 Å². The minimum absolute atomic E-state index is 0.182. The summed E-state index contributed by atoms with van der Waals surface area (Å²) >= 11 is 12.8. The predicted molar refractivity (Wildman–Crippen MR) is 145 cm³/mol. The molecule has 1 N–H and O–H groups in total. The van der Waals surface area contributed by atoms with Crippen LogP contribution in [0, 0.1) is 6.92 Å². The second-order valence-electron chi connectivity index (χ2n) is 7.51. The summed E-state index contributed by atoms with van der Waals surface area (Å²) in [7, 11) is 1.51. The average Bonchev–Trinajstić information content (AvgIpc) is 3.14. The summed E-state index contributed by atoms with van der Waals surface area (Å²) in [5.41, 5.74) is 2.87. The Bertz CT molecular complexity index is 1330. The number of thioether (sulfide) groups is 1. The number of anilines is 2. The van der Waals surface area contributed by atoms with Crippen molar-refractivity contribution in [3.63, 3.8) is 0 Å². The van der Waals surface area contributed by atoms with Crippen LogP contribution in [0.15, 0.2) is 71.6 Å². The summed E-state index contributed by atoms with van der Waals surface area (Å²) in [5.74, 6) is 0.327. The van der Waals surface area contributed by atoms with Crippen LogP contribution in [-0.4, -0.2) is 29.9 Å². The van der Waals surface area contributed by atoms with Crippen LogP contribution >= 0.6 is 35.6 Å². The van der Waals surface area contributed by atoms with E-state index in [0.29, 0.717) is 31.4 Å². The second kappa shape index (κ2) is 10.9. The first-order valence-electron chi connectivity index (χ1n) is 10.6. The van der Waals surface area contributed by atoms with E-state index in [4.69, 9.17) is 33.3 Å². The maximum atomic E-state index is 13.0. The molecule has 0 bridgehead atoms. The number of benzene rings is 3. The summed E-state index contributed by atoms with van der Waals surface area (Å²) in [6, 6.07) is 19.8. The summed E-state index contributed by atoms with van der Waals surface area (Å²) in [6.07, 6.45) is 1.75. The van der Waals surface area contributed by atoms with E-state index in [9.17, 15) is 9.59 Å². The van der Waals surface area contributed by atoms with E-state index < -0.39 is 0 Å². The minimum Gasteiger partial charge on any atom is -0.493 e. The summed E-state index contributed by atoms with van der Waals surface area (Å²) < 4.78 is 11.6. The monoisotopic (exact) mass is 524 g/mol. The molecule has 0 unspecified atom stereocenters. The van der Waals surface area contributed by atoms with E-state index in [1.807, 2.05) is 37.3 Å². The van der Waals surface area contributed by atoms with Gasteiger partial charge in [0.05, 0.1) is 17.7 Å². The Morgan fingerprint density at radius 1 is 1.11 bits per heavy atom. The molecule has 6 nitrogen and oxygen atoms in total. The Balaban J connectivity index is 1.45. The van der Waals surface area contributed by atoms with E-state index >= 15 is 0 Å². The van der Waals surface area contributed by atoms with Crippen molar-refractivity contribution in [2.45, 2.75) is 6.92 Å². The lowest BCUT2D eigenvalue weighted by atomic mass is 10.1. The molecular weight excluding hydrogens is 504 g/mol. The molecule has 1 aliphatic heterocycles. The number of carbonyl (C=O) groups is 2. The first kappa shape index (κ1) is 24.8.